The maximum Gasteiger partial charge on any atom is 0.335 e. The number of carboxylic acid groups (broad SMARTS) is 1. The average molecular weight is 309 g/mol. The van der Waals surface area contributed by atoms with Gasteiger partial charge < -0.3 is 10.4 Å². The van der Waals surface area contributed by atoms with Gasteiger partial charge in [0.15, 0.2) is 0 Å². The van der Waals surface area contributed by atoms with E-state index in [9.17, 15) is 9.59 Å². The first kappa shape index (κ1) is 15.3. The molecule has 0 atom stereocenters. The molecule has 2 aromatic rings. The fourth-order valence-corrected chi connectivity index (χ4v) is 2.85. The molecule has 1 saturated carbocycles. The van der Waals surface area contributed by atoms with Crippen molar-refractivity contribution in [3.63, 3.8) is 0 Å². The number of nitrogens with one attached hydrogen (secondary N) is 1. The van der Waals surface area contributed by atoms with E-state index < -0.39 is 5.97 Å². The normalized spacial score (nSPS) is 15.0. The van der Waals surface area contributed by atoms with Gasteiger partial charge in [-0.3, -0.25) is 4.79 Å². The van der Waals surface area contributed by atoms with Crippen LogP contribution in [0.2, 0.25) is 0 Å². The molecule has 0 bridgehead atoms. The van der Waals surface area contributed by atoms with E-state index in [0.717, 1.165) is 18.4 Å². The van der Waals surface area contributed by atoms with Crippen molar-refractivity contribution in [1.82, 2.24) is 5.32 Å². The minimum atomic E-state index is -0.945. The smallest absolute Gasteiger partial charge is 0.335 e. The number of carbonyl (C=O) groups excluding carboxylic acids is 1. The van der Waals surface area contributed by atoms with Crippen LogP contribution in [0.4, 0.5) is 0 Å². The van der Waals surface area contributed by atoms with Gasteiger partial charge in [-0.1, -0.05) is 42.5 Å². The Labute approximate surface area is 135 Å². The Hall–Kier alpha value is -2.62. The van der Waals surface area contributed by atoms with Crippen molar-refractivity contribution in [2.45, 2.75) is 31.2 Å². The second-order valence-corrected chi connectivity index (χ2v) is 6.10. The standard InChI is InChI=1S/C19H19NO3/c21-17(12-19(10-11-19)16-4-2-1-3-5-16)20-13-14-6-8-15(9-7-14)18(22)23/h1-9H,10-13H2,(H,20,21)(H,22,23). The highest BCUT2D eigenvalue weighted by molar-refractivity contribution is 5.87. The molecule has 1 aliphatic carbocycles. The molecule has 23 heavy (non-hydrogen) atoms. The summed E-state index contributed by atoms with van der Waals surface area (Å²) in [6, 6.07) is 16.7. The number of carboxylic acids is 1. The predicted octanol–water partition coefficient (Wildman–Crippen LogP) is 3.12. The first-order valence-electron chi connectivity index (χ1n) is 7.74. The van der Waals surface area contributed by atoms with Crippen molar-refractivity contribution in [3.05, 3.63) is 71.3 Å². The summed E-state index contributed by atoms with van der Waals surface area (Å²) >= 11 is 0. The fraction of sp³-hybridized carbons (Fsp3) is 0.263. The second-order valence-electron chi connectivity index (χ2n) is 6.10. The highest BCUT2D eigenvalue weighted by Gasteiger charge is 2.45. The van der Waals surface area contributed by atoms with Crippen molar-refractivity contribution < 1.29 is 14.7 Å². The Kier molecular flexibility index (Phi) is 4.15. The van der Waals surface area contributed by atoms with Crippen molar-refractivity contribution >= 4 is 11.9 Å². The van der Waals surface area contributed by atoms with Gasteiger partial charge in [-0.25, -0.2) is 4.79 Å². The number of amides is 1. The molecule has 0 saturated heterocycles. The van der Waals surface area contributed by atoms with Gasteiger partial charge >= 0.3 is 5.97 Å². The van der Waals surface area contributed by atoms with Gasteiger partial charge in [0, 0.05) is 18.4 Å². The van der Waals surface area contributed by atoms with Crippen LogP contribution >= 0.6 is 0 Å². The second kappa shape index (κ2) is 6.24. The summed E-state index contributed by atoms with van der Waals surface area (Å²) in [5.41, 5.74) is 2.40. The lowest BCUT2D eigenvalue weighted by Gasteiger charge is -2.15. The van der Waals surface area contributed by atoms with E-state index >= 15 is 0 Å². The molecule has 0 heterocycles. The van der Waals surface area contributed by atoms with Gasteiger partial charge in [0.2, 0.25) is 5.91 Å². The van der Waals surface area contributed by atoms with Crippen LogP contribution in [0, 0.1) is 0 Å². The van der Waals surface area contributed by atoms with Crippen molar-refractivity contribution in [3.8, 4) is 0 Å². The molecule has 2 aromatic carbocycles. The molecule has 1 aliphatic rings. The van der Waals surface area contributed by atoms with Crippen LogP contribution in [0.15, 0.2) is 54.6 Å². The Morgan fingerprint density at radius 3 is 2.22 bits per heavy atom. The third-order valence-electron chi connectivity index (χ3n) is 4.43. The van der Waals surface area contributed by atoms with Crippen LogP contribution in [0.1, 0.15) is 40.7 Å². The van der Waals surface area contributed by atoms with Crippen molar-refractivity contribution in [2.24, 2.45) is 0 Å². The van der Waals surface area contributed by atoms with E-state index in [4.69, 9.17) is 5.11 Å². The maximum atomic E-state index is 12.2. The minimum Gasteiger partial charge on any atom is -0.478 e. The van der Waals surface area contributed by atoms with Gasteiger partial charge in [0.25, 0.3) is 0 Å². The first-order valence-corrected chi connectivity index (χ1v) is 7.74. The van der Waals surface area contributed by atoms with Crippen LogP contribution in [0.5, 0.6) is 0 Å². The molecule has 4 nitrogen and oxygen atoms in total. The SMILES string of the molecule is O=C(CC1(c2ccccc2)CC1)NCc1ccc(C(=O)O)cc1. The highest BCUT2D eigenvalue weighted by atomic mass is 16.4. The van der Waals surface area contributed by atoms with Crippen LogP contribution < -0.4 is 5.32 Å². The van der Waals surface area contributed by atoms with E-state index in [1.165, 1.54) is 5.56 Å². The summed E-state index contributed by atoms with van der Waals surface area (Å²) in [5.74, 6) is -0.909. The molecule has 0 radical (unpaired) electrons. The molecule has 1 fully saturated rings. The quantitative estimate of drug-likeness (QED) is 0.861. The van der Waals surface area contributed by atoms with Crippen LogP contribution in [0.25, 0.3) is 0 Å². The molecule has 0 spiro atoms. The van der Waals surface area contributed by atoms with Gasteiger partial charge in [-0.05, 0) is 36.1 Å². The lowest BCUT2D eigenvalue weighted by atomic mass is 9.92. The third kappa shape index (κ3) is 3.59. The minimum absolute atomic E-state index is 0.0124. The van der Waals surface area contributed by atoms with Gasteiger partial charge in [-0.2, -0.15) is 0 Å². The van der Waals surface area contributed by atoms with Gasteiger partial charge in [0.05, 0.1) is 5.56 Å². The topological polar surface area (TPSA) is 66.4 Å². The Bertz CT molecular complexity index is 703. The van der Waals surface area contributed by atoms with Gasteiger partial charge in [-0.15, -0.1) is 0 Å². The molecule has 2 N–H and O–H groups in total. The van der Waals surface area contributed by atoms with E-state index in [0.29, 0.717) is 13.0 Å². The van der Waals surface area contributed by atoms with Crippen LogP contribution in [-0.2, 0) is 16.8 Å². The summed E-state index contributed by atoms with van der Waals surface area (Å²) in [6.45, 7) is 0.420. The first-order chi connectivity index (χ1) is 11.1. The number of hydrogen-bond acceptors (Lipinski definition) is 2. The maximum absolute atomic E-state index is 12.2. The number of rotatable bonds is 6. The molecule has 0 aromatic heterocycles. The molecule has 0 unspecified atom stereocenters. The molecule has 118 valence electrons. The largest absolute Gasteiger partial charge is 0.478 e. The number of benzene rings is 2. The zero-order valence-corrected chi connectivity index (χ0v) is 12.8. The number of carbonyl (C=O) groups is 2. The van der Waals surface area contributed by atoms with E-state index in [-0.39, 0.29) is 16.9 Å². The molecule has 3 rings (SSSR count). The van der Waals surface area contributed by atoms with E-state index in [1.54, 1.807) is 24.3 Å². The lowest BCUT2D eigenvalue weighted by Crippen LogP contribution is -2.27. The zero-order valence-electron chi connectivity index (χ0n) is 12.8. The molecular weight excluding hydrogens is 290 g/mol. The fourth-order valence-electron chi connectivity index (χ4n) is 2.85. The van der Waals surface area contributed by atoms with Gasteiger partial charge in [0.1, 0.15) is 0 Å². The lowest BCUT2D eigenvalue weighted by molar-refractivity contribution is -0.121. The molecule has 0 aliphatic heterocycles. The van der Waals surface area contributed by atoms with Crippen LogP contribution in [-0.4, -0.2) is 17.0 Å². The van der Waals surface area contributed by atoms with Crippen LogP contribution in [0.3, 0.4) is 0 Å². The van der Waals surface area contributed by atoms with Crippen molar-refractivity contribution in [2.75, 3.05) is 0 Å². The van der Waals surface area contributed by atoms with E-state index in [2.05, 4.69) is 17.4 Å². The Morgan fingerprint density at radius 2 is 1.65 bits per heavy atom. The number of hydrogen-bond donors (Lipinski definition) is 2. The summed E-state index contributed by atoms with van der Waals surface area (Å²) in [4.78, 5) is 23.0. The van der Waals surface area contributed by atoms with E-state index in [1.807, 2.05) is 18.2 Å². The Balaban J connectivity index is 1.55. The third-order valence-corrected chi connectivity index (χ3v) is 4.43. The number of aromatic carboxylic acids is 1. The highest BCUT2D eigenvalue weighted by Crippen LogP contribution is 2.50. The Morgan fingerprint density at radius 1 is 1.00 bits per heavy atom. The summed E-state index contributed by atoms with van der Waals surface area (Å²) in [5, 5.41) is 11.8. The molecule has 4 heteroatoms. The molecular formula is C19H19NO3. The summed E-state index contributed by atoms with van der Waals surface area (Å²) < 4.78 is 0. The van der Waals surface area contributed by atoms with Crippen molar-refractivity contribution in [1.29, 1.82) is 0 Å². The molecule has 1 amide bonds. The summed E-state index contributed by atoms with van der Waals surface area (Å²) in [7, 11) is 0. The monoisotopic (exact) mass is 309 g/mol. The zero-order chi connectivity index (χ0) is 16.3. The predicted molar refractivity (Wildman–Crippen MR) is 87.2 cm³/mol. The summed E-state index contributed by atoms with van der Waals surface area (Å²) in [6.07, 6.45) is 2.61. The average Bonchev–Trinajstić information content (AvgIpc) is 3.35.